The van der Waals surface area contributed by atoms with E-state index in [0.29, 0.717) is 22.7 Å². The van der Waals surface area contributed by atoms with E-state index in [4.69, 9.17) is 11.6 Å². The minimum absolute atomic E-state index is 0.00364. The van der Waals surface area contributed by atoms with Gasteiger partial charge in [0.1, 0.15) is 0 Å². The van der Waals surface area contributed by atoms with E-state index in [2.05, 4.69) is 10.6 Å². The maximum Gasteiger partial charge on any atom is 0.253 e. The third-order valence-corrected chi connectivity index (χ3v) is 4.80. The van der Waals surface area contributed by atoms with Crippen molar-refractivity contribution in [3.8, 4) is 0 Å². The molecule has 104 valence electrons. The number of fused-ring (bicyclic) bond motifs is 3. The van der Waals surface area contributed by atoms with Crippen LogP contribution in [0.15, 0.2) is 30.6 Å². The first-order valence-corrected chi connectivity index (χ1v) is 7.41. The highest BCUT2D eigenvalue weighted by atomic mass is 35.5. The molecule has 2 saturated heterocycles. The smallest absolute Gasteiger partial charge is 0.253 e. The quantitative estimate of drug-likeness (QED) is 0.890. The third-order valence-electron chi connectivity index (χ3n) is 4.48. The van der Waals surface area contributed by atoms with E-state index in [1.807, 2.05) is 35.0 Å². The minimum Gasteiger partial charge on any atom is -0.348 e. The van der Waals surface area contributed by atoms with Gasteiger partial charge in [0.2, 0.25) is 0 Å². The van der Waals surface area contributed by atoms with E-state index in [9.17, 15) is 4.79 Å². The molecule has 2 bridgehead atoms. The van der Waals surface area contributed by atoms with Crippen molar-refractivity contribution in [1.29, 1.82) is 0 Å². The van der Waals surface area contributed by atoms with Gasteiger partial charge in [0.15, 0.2) is 0 Å². The second-order valence-electron chi connectivity index (χ2n) is 5.74. The number of halogens is 1. The zero-order valence-electron chi connectivity index (χ0n) is 11.0. The molecule has 4 rings (SSSR count). The average Bonchev–Trinajstić information content (AvgIpc) is 3.14. The molecule has 4 heterocycles. The summed E-state index contributed by atoms with van der Waals surface area (Å²) in [7, 11) is 0. The van der Waals surface area contributed by atoms with Crippen LogP contribution >= 0.6 is 11.6 Å². The minimum atomic E-state index is -0.00364. The largest absolute Gasteiger partial charge is 0.348 e. The number of hydrogen-bond acceptors (Lipinski definition) is 2. The topological polar surface area (TPSA) is 45.5 Å². The van der Waals surface area contributed by atoms with E-state index < -0.39 is 0 Å². The first-order valence-electron chi connectivity index (χ1n) is 7.04. The molecule has 0 radical (unpaired) electrons. The van der Waals surface area contributed by atoms with Crippen LogP contribution in [0.4, 0.5) is 0 Å². The van der Waals surface area contributed by atoms with E-state index in [1.54, 1.807) is 0 Å². The van der Waals surface area contributed by atoms with Crippen LogP contribution in [0.25, 0.3) is 5.52 Å². The SMILES string of the molecule is O=C(NC1CC2CCC1N2)c1ccc2c(Cl)ccn2c1. The number of amides is 1. The molecule has 0 saturated carbocycles. The molecule has 1 amide bonds. The fourth-order valence-corrected chi connectivity index (χ4v) is 3.66. The lowest BCUT2D eigenvalue weighted by molar-refractivity contribution is 0.0930. The van der Waals surface area contributed by atoms with Gasteiger partial charge in [0.05, 0.1) is 16.1 Å². The van der Waals surface area contributed by atoms with E-state index in [1.165, 1.54) is 12.8 Å². The zero-order chi connectivity index (χ0) is 13.7. The molecule has 0 spiro atoms. The molecule has 0 aromatic carbocycles. The van der Waals surface area contributed by atoms with Crippen molar-refractivity contribution >= 4 is 23.0 Å². The van der Waals surface area contributed by atoms with Crippen LogP contribution < -0.4 is 10.6 Å². The first kappa shape index (κ1) is 12.2. The summed E-state index contributed by atoms with van der Waals surface area (Å²) in [5.41, 5.74) is 1.59. The lowest BCUT2D eigenvalue weighted by Gasteiger charge is -2.21. The van der Waals surface area contributed by atoms with Gasteiger partial charge >= 0.3 is 0 Å². The summed E-state index contributed by atoms with van der Waals surface area (Å²) in [5.74, 6) is -0.00364. The predicted molar refractivity (Wildman–Crippen MR) is 78.2 cm³/mol. The van der Waals surface area contributed by atoms with Crippen molar-refractivity contribution in [2.45, 2.75) is 37.4 Å². The first-order chi connectivity index (χ1) is 9.70. The van der Waals surface area contributed by atoms with Crippen LogP contribution in [-0.2, 0) is 0 Å². The van der Waals surface area contributed by atoms with Crippen molar-refractivity contribution in [2.24, 2.45) is 0 Å². The lowest BCUT2D eigenvalue weighted by Crippen LogP contribution is -2.42. The summed E-state index contributed by atoms with van der Waals surface area (Å²) in [6, 6.07) is 6.86. The monoisotopic (exact) mass is 289 g/mol. The Hall–Kier alpha value is -1.52. The van der Waals surface area contributed by atoms with Gasteiger partial charge in [-0.25, -0.2) is 0 Å². The van der Waals surface area contributed by atoms with E-state index in [-0.39, 0.29) is 11.9 Å². The third kappa shape index (κ3) is 1.91. The number of aromatic nitrogens is 1. The Kier molecular flexibility index (Phi) is 2.75. The van der Waals surface area contributed by atoms with Crippen molar-refractivity contribution in [1.82, 2.24) is 15.0 Å². The van der Waals surface area contributed by atoms with Gasteiger partial charge in [0.25, 0.3) is 5.91 Å². The molecule has 3 unspecified atom stereocenters. The van der Waals surface area contributed by atoms with Crippen molar-refractivity contribution in [3.63, 3.8) is 0 Å². The predicted octanol–water partition coefficient (Wildman–Crippen LogP) is 2.22. The van der Waals surface area contributed by atoms with Gasteiger partial charge in [-0.2, -0.15) is 0 Å². The Morgan fingerprint density at radius 2 is 2.25 bits per heavy atom. The fourth-order valence-electron chi connectivity index (χ4n) is 3.44. The van der Waals surface area contributed by atoms with Crippen molar-refractivity contribution in [3.05, 3.63) is 41.2 Å². The lowest BCUT2D eigenvalue weighted by atomic mass is 9.95. The summed E-state index contributed by atoms with van der Waals surface area (Å²) in [4.78, 5) is 12.3. The molecular formula is C15H16ClN3O. The van der Waals surface area contributed by atoms with Gasteiger partial charge in [-0.05, 0) is 37.5 Å². The Labute approximate surface area is 122 Å². The number of rotatable bonds is 2. The highest BCUT2D eigenvalue weighted by Gasteiger charge is 2.39. The standard InChI is InChI=1S/C15H16ClN3O/c16-11-5-6-19-8-9(1-4-14(11)19)15(20)18-13-7-10-2-3-12(13)17-10/h1,4-6,8,10,12-13,17H,2-3,7H2,(H,18,20). The summed E-state index contributed by atoms with van der Waals surface area (Å²) in [6.07, 6.45) is 7.16. The molecule has 2 aliphatic heterocycles. The number of nitrogens with one attached hydrogen (secondary N) is 2. The van der Waals surface area contributed by atoms with Crippen LogP contribution in [0.1, 0.15) is 29.6 Å². The van der Waals surface area contributed by atoms with Gasteiger partial charge in [-0.3, -0.25) is 4.79 Å². The molecule has 2 N–H and O–H groups in total. The zero-order valence-corrected chi connectivity index (χ0v) is 11.7. The summed E-state index contributed by atoms with van der Waals surface area (Å²) < 4.78 is 1.89. The van der Waals surface area contributed by atoms with Crippen LogP contribution in [0.5, 0.6) is 0 Å². The number of carbonyl (C=O) groups excluding carboxylic acids is 1. The van der Waals surface area contributed by atoms with Crippen LogP contribution in [0.2, 0.25) is 5.02 Å². The molecule has 2 aliphatic rings. The number of carbonyl (C=O) groups is 1. The molecule has 2 aromatic heterocycles. The maximum absolute atomic E-state index is 12.3. The van der Waals surface area contributed by atoms with Crippen molar-refractivity contribution < 1.29 is 4.79 Å². The van der Waals surface area contributed by atoms with Gasteiger partial charge < -0.3 is 15.0 Å². The second kappa shape index (κ2) is 4.50. The Balaban J connectivity index is 1.54. The molecule has 2 aromatic rings. The Morgan fingerprint density at radius 1 is 1.35 bits per heavy atom. The van der Waals surface area contributed by atoms with Crippen LogP contribution in [-0.4, -0.2) is 28.4 Å². The highest BCUT2D eigenvalue weighted by Crippen LogP contribution is 2.28. The van der Waals surface area contributed by atoms with Gasteiger partial charge in [0, 0.05) is 30.5 Å². The van der Waals surface area contributed by atoms with Crippen molar-refractivity contribution in [2.75, 3.05) is 0 Å². The summed E-state index contributed by atoms with van der Waals surface area (Å²) >= 11 is 6.06. The molecular weight excluding hydrogens is 274 g/mol. The summed E-state index contributed by atoms with van der Waals surface area (Å²) in [6.45, 7) is 0. The molecule has 0 aliphatic carbocycles. The van der Waals surface area contributed by atoms with Crippen LogP contribution in [0, 0.1) is 0 Å². The van der Waals surface area contributed by atoms with Gasteiger partial charge in [-0.15, -0.1) is 0 Å². The average molecular weight is 290 g/mol. The van der Waals surface area contributed by atoms with Gasteiger partial charge in [-0.1, -0.05) is 11.6 Å². The Bertz CT molecular complexity index is 681. The Morgan fingerprint density at radius 3 is 3.00 bits per heavy atom. The molecule has 2 fully saturated rings. The van der Waals surface area contributed by atoms with E-state index >= 15 is 0 Å². The van der Waals surface area contributed by atoms with E-state index in [0.717, 1.165) is 11.9 Å². The fraction of sp³-hybridized carbons (Fsp3) is 0.400. The molecule has 3 atom stereocenters. The highest BCUT2D eigenvalue weighted by molar-refractivity contribution is 6.34. The van der Waals surface area contributed by atoms with Crippen LogP contribution in [0.3, 0.4) is 0 Å². The number of pyridine rings is 1. The molecule has 20 heavy (non-hydrogen) atoms. The molecule has 4 nitrogen and oxygen atoms in total. The summed E-state index contributed by atoms with van der Waals surface area (Å²) in [5, 5.41) is 7.38. The number of hydrogen-bond donors (Lipinski definition) is 2. The second-order valence-corrected chi connectivity index (χ2v) is 6.14. The maximum atomic E-state index is 12.3. The normalized spacial score (nSPS) is 28.1. The number of nitrogens with zero attached hydrogens (tertiary/aromatic N) is 1. The molecule has 5 heteroatoms.